The lowest BCUT2D eigenvalue weighted by Crippen LogP contribution is -2.20. The topological polar surface area (TPSA) is 64.2 Å². The van der Waals surface area contributed by atoms with Gasteiger partial charge >= 0.3 is 0 Å². The van der Waals surface area contributed by atoms with Gasteiger partial charge in [0.2, 0.25) is 0 Å². The van der Waals surface area contributed by atoms with Crippen LogP contribution in [0.1, 0.15) is 11.3 Å². The molecule has 1 N–H and O–H groups in total. The van der Waals surface area contributed by atoms with Crippen molar-refractivity contribution in [2.45, 2.75) is 6.92 Å². The van der Waals surface area contributed by atoms with E-state index in [2.05, 4.69) is 32.3 Å². The lowest BCUT2D eigenvalue weighted by atomic mass is 10.1. The molecule has 6 nitrogen and oxygen atoms in total. The molecule has 0 saturated carbocycles. The summed E-state index contributed by atoms with van der Waals surface area (Å²) in [6, 6.07) is 8.12. The number of nitrogens with one attached hydrogen (secondary N) is 1. The fraction of sp³-hybridized carbons (Fsp3) is 0.188. The molecule has 3 aromatic rings. The lowest BCUT2D eigenvalue weighted by Gasteiger charge is -2.03. The molecule has 7 heteroatoms. The van der Waals surface area contributed by atoms with Crippen molar-refractivity contribution in [1.29, 1.82) is 0 Å². The van der Waals surface area contributed by atoms with Crippen LogP contribution in [-0.4, -0.2) is 20.6 Å². The minimum Gasteiger partial charge on any atom is -0.347 e. The lowest BCUT2D eigenvalue weighted by molar-refractivity contribution is 0.708. The fourth-order valence-corrected chi connectivity index (χ4v) is 2.68. The number of aryl methyl sites for hydroxylation is 2. The van der Waals surface area contributed by atoms with Crippen LogP contribution in [0.2, 0.25) is 5.02 Å². The summed E-state index contributed by atoms with van der Waals surface area (Å²) in [7, 11) is 3.56. The van der Waals surface area contributed by atoms with Gasteiger partial charge in [0.15, 0.2) is 0 Å². The maximum Gasteiger partial charge on any atom is 0.287 e. The maximum absolute atomic E-state index is 11.7. The van der Waals surface area contributed by atoms with Crippen LogP contribution in [0.5, 0.6) is 0 Å². The highest BCUT2D eigenvalue weighted by Crippen LogP contribution is 2.23. The number of rotatable bonds is 3. The molecule has 1 aromatic carbocycles. The van der Waals surface area contributed by atoms with Gasteiger partial charge in [-0.3, -0.25) is 10.2 Å². The maximum atomic E-state index is 11.7. The molecule has 0 unspecified atom stereocenters. The Labute approximate surface area is 138 Å². The summed E-state index contributed by atoms with van der Waals surface area (Å²) in [6.07, 6.45) is 3.20. The summed E-state index contributed by atoms with van der Waals surface area (Å²) in [4.78, 5) is 11.7. The number of fused-ring (bicyclic) bond motifs is 1. The van der Waals surface area contributed by atoms with Gasteiger partial charge in [-0.15, -0.1) is 0 Å². The van der Waals surface area contributed by atoms with Crippen molar-refractivity contribution >= 4 is 34.4 Å². The first-order valence-electron chi connectivity index (χ1n) is 7.05. The second kappa shape index (κ2) is 5.89. The Balaban J connectivity index is 1.94. The third kappa shape index (κ3) is 2.61. The SMILES string of the molecule is Cc1c(/C=N\Nc2cnn(C)c(=O)c2Cl)c2ccccc2n1C. The summed E-state index contributed by atoms with van der Waals surface area (Å²) in [6.45, 7) is 2.04. The summed E-state index contributed by atoms with van der Waals surface area (Å²) >= 11 is 6.00. The van der Waals surface area contributed by atoms with Crippen LogP contribution in [0, 0.1) is 6.92 Å². The first-order chi connectivity index (χ1) is 11.0. The van der Waals surface area contributed by atoms with Gasteiger partial charge in [-0.25, -0.2) is 4.68 Å². The Morgan fingerprint density at radius 2 is 2.04 bits per heavy atom. The highest BCUT2D eigenvalue weighted by atomic mass is 35.5. The molecule has 0 aliphatic heterocycles. The van der Waals surface area contributed by atoms with E-state index in [1.54, 1.807) is 13.3 Å². The van der Waals surface area contributed by atoms with Crippen molar-refractivity contribution < 1.29 is 0 Å². The van der Waals surface area contributed by atoms with Gasteiger partial charge < -0.3 is 4.57 Å². The smallest absolute Gasteiger partial charge is 0.287 e. The second-order valence-electron chi connectivity index (χ2n) is 5.25. The molecule has 0 aliphatic rings. The minimum absolute atomic E-state index is 0.0642. The monoisotopic (exact) mass is 329 g/mol. The van der Waals surface area contributed by atoms with Crippen LogP contribution in [-0.2, 0) is 14.1 Å². The summed E-state index contributed by atoms with van der Waals surface area (Å²) in [5, 5.41) is 9.30. The van der Waals surface area contributed by atoms with Gasteiger partial charge in [-0.05, 0) is 13.0 Å². The molecule has 0 saturated heterocycles. The van der Waals surface area contributed by atoms with Crippen LogP contribution < -0.4 is 11.0 Å². The quantitative estimate of drug-likeness (QED) is 0.593. The van der Waals surface area contributed by atoms with E-state index in [9.17, 15) is 4.79 Å². The zero-order valence-electron chi connectivity index (χ0n) is 13.0. The van der Waals surface area contributed by atoms with Gasteiger partial charge in [0.25, 0.3) is 5.56 Å². The third-order valence-electron chi connectivity index (χ3n) is 3.91. The predicted molar refractivity (Wildman–Crippen MR) is 93.4 cm³/mol. The van der Waals surface area contributed by atoms with E-state index < -0.39 is 0 Å². The molecule has 0 atom stereocenters. The summed E-state index contributed by atoms with van der Waals surface area (Å²) in [5.41, 5.74) is 6.05. The van der Waals surface area contributed by atoms with Gasteiger partial charge in [0.05, 0.1) is 12.4 Å². The molecule has 2 aromatic heterocycles. The standard InChI is InChI=1S/C16H16ClN5O/c1-10-12(11-6-4-5-7-14(11)21(10)2)8-18-20-13-9-19-22(3)16(23)15(13)17/h4-9,20H,1-3H3/b18-8-. The van der Waals surface area contributed by atoms with Crippen molar-refractivity contribution in [2.75, 3.05) is 5.43 Å². The number of benzene rings is 1. The Bertz CT molecular complexity index is 970. The number of halogens is 1. The Hall–Kier alpha value is -2.60. The van der Waals surface area contributed by atoms with Gasteiger partial charge in [-0.1, -0.05) is 29.8 Å². The van der Waals surface area contributed by atoms with Crippen molar-refractivity contribution in [3.63, 3.8) is 0 Å². The highest BCUT2D eigenvalue weighted by molar-refractivity contribution is 6.32. The van der Waals surface area contributed by atoms with Crippen LogP contribution in [0.25, 0.3) is 10.9 Å². The molecule has 3 rings (SSSR count). The molecular formula is C16H16ClN5O. The minimum atomic E-state index is -0.367. The van der Waals surface area contributed by atoms with Crippen molar-refractivity contribution in [3.8, 4) is 0 Å². The number of anilines is 1. The van der Waals surface area contributed by atoms with Gasteiger partial charge in [0, 0.05) is 36.3 Å². The molecule has 0 amide bonds. The Morgan fingerprint density at radius 3 is 2.83 bits per heavy atom. The fourth-order valence-electron chi connectivity index (χ4n) is 2.47. The first kappa shape index (κ1) is 15.3. The number of nitrogens with zero attached hydrogens (tertiary/aromatic N) is 4. The van der Waals surface area contributed by atoms with Gasteiger partial charge in [-0.2, -0.15) is 10.2 Å². The van der Waals surface area contributed by atoms with Crippen LogP contribution in [0.3, 0.4) is 0 Å². The first-order valence-corrected chi connectivity index (χ1v) is 7.43. The molecule has 0 bridgehead atoms. The Kier molecular flexibility index (Phi) is 3.92. The van der Waals surface area contributed by atoms with E-state index in [4.69, 9.17) is 11.6 Å². The van der Waals surface area contributed by atoms with E-state index in [1.807, 2.05) is 26.1 Å². The molecule has 0 fully saturated rings. The summed E-state index contributed by atoms with van der Waals surface area (Å²) in [5.74, 6) is 0. The average Bonchev–Trinajstić information content (AvgIpc) is 2.80. The third-order valence-corrected chi connectivity index (χ3v) is 4.27. The largest absolute Gasteiger partial charge is 0.347 e. The molecular weight excluding hydrogens is 314 g/mol. The van der Waals surface area contributed by atoms with Crippen molar-refractivity contribution in [3.05, 3.63) is 57.1 Å². The zero-order chi connectivity index (χ0) is 16.6. The second-order valence-corrected chi connectivity index (χ2v) is 5.62. The predicted octanol–water partition coefficient (Wildman–Crippen LogP) is 2.68. The number of hydrogen-bond donors (Lipinski definition) is 1. The van der Waals surface area contributed by atoms with Crippen LogP contribution >= 0.6 is 11.6 Å². The van der Waals surface area contributed by atoms with E-state index >= 15 is 0 Å². The molecule has 2 heterocycles. The van der Waals surface area contributed by atoms with Crippen molar-refractivity contribution in [1.82, 2.24) is 14.3 Å². The summed E-state index contributed by atoms with van der Waals surface area (Å²) < 4.78 is 3.29. The average molecular weight is 330 g/mol. The molecule has 0 radical (unpaired) electrons. The number of hydrogen-bond acceptors (Lipinski definition) is 4. The molecule has 0 aliphatic carbocycles. The number of hydrazone groups is 1. The molecule has 0 spiro atoms. The van der Waals surface area contributed by atoms with E-state index in [0.29, 0.717) is 5.69 Å². The van der Waals surface area contributed by atoms with E-state index in [-0.39, 0.29) is 10.6 Å². The zero-order valence-corrected chi connectivity index (χ0v) is 13.8. The van der Waals surface area contributed by atoms with Crippen LogP contribution in [0.4, 0.5) is 5.69 Å². The normalized spacial score (nSPS) is 11.5. The van der Waals surface area contributed by atoms with Gasteiger partial charge in [0.1, 0.15) is 10.7 Å². The number of aromatic nitrogens is 3. The van der Waals surface area contributed by atoms with E-state index in [1.165, 1.54) is 10.9 Å². The molecule has 118 valence electrons. The Morgan fingerprint density at radius 1 is 1.30 bits per heavy atom. The molecule has 23 heavy (non-hydrogen) atoms. The van der Waals surface area contributed by atoms with E-state index in [0.717, 1.165) is 22.2 Å². The highest BCUT2D eigenvalue weighted by Gasteiger charge is 2.10. The van der Waals surface area contributed by atoms with Crippen molar-refractivity contribution in [2.24, 2.45) is 19.2 Å². The number of para-hydroxylation sites is 1. The van der Waals surface area contributed by atoms with Crippen LogP contribution in [0.15, 0.2) is 40.4 Å².